The molecule has 0 N–H and O–H groups in total. The summed E-state index contributed by atoms with van der Waals surface area (Å²) in [6, 6.07) is 33.4. The van der Waals surface area contributed by atoms with Crippen LogP contribution in [0.3, 0.4) is 0 Å². The van der Waals surface area contributed by atoms with Gasteiger partial charge in [-0.05, 0) is 56.4 Å². The SMILES string of the molecule is CC(C)c1nc2c(ccc3cc(CC(C)c4nc5ccc6ccc7ccccc7c6c5s4)c4ccccc4c32)s1. The van der Waals surface area contributed by atoms with Gasteiger partial charge in [0.2, 0.25) is 0 Å². The van der Waals surface area contributed by atoms with Gasteiger partial charge in [0.05, 0.1) is 30.4 Å². The van der Waals surface area contributed by atoms with Crippen LogP contribution < -0.4 is 0 Å². The van der Waals surface area contributed by atoms with Crippen molar-refractivity contribution in [2.75, 3.05) is 0 Å². The molecule has 0 aliphatic carbocycles. The zero-order valence-electron chi connectivity index (χ0n) is 22.7. The van der Waals surface area contributed by atoms with Gasteiger partial charge in [0.15, 0.2) is 0 Å². The second kappa shape index (κ2) is 9.09. The van der Waals surface area contributed by atoms with Crippen LogP contribution in [-0.4, -0.2) is 9.97 Å². The Kier molecular flexibility index (Phi) is 5.45. The van der Waals surface area contributed by atoms with E-state index in [-0.39, 0.29) is 0 Å². The quantitative estimate of drug-likeness (QED) is 0.203. The van der Waals surface area contributed by atoms with Crippen LogP contribution in [0.5, 0.6) is 0 Å². The second-order valence-corrected chi connectivity index (χ2v) is 13.3. The highest BCUT2D eigenvalue weighted by Crippen LogP contribution is 2.41. The van der Waals surface area contributed by atoms with Crippen molar-refractivity contribution in [1.29, 1.82) is 0 Å². The molecule has 2 heterocycles. The second-order valence-electron chi connectivity index (χ2n) is 11.3. The smallest absolute Gasteiger partial charge is 0.0970 e. The molecule has 8 aromatic rings. The average Bonchev–Trinajstić information content (AvgIpc) is 3.62. The summed E-state index contributed by atoms with van der Waals surface area (Å²) in [6.07, 6.45) is 0.946. The van der Waals surface area contributed by atoms with Crippen LogP contribution >= 0.6 is 22.7 Å². The molecule has 6 aromatic carbocycles. The summed E-state index contributed by atoms with van der Waals surface area (Å²) in [5.74, 6) is 0.738. The van der Waals surface area contributed by atoms with E-state index in [1.807, 2.05) is 22.7 Å². The third-order valence-electron chi connectivity index (χ3n) is 8.20. The highest BCUT2D eigenvalue weighted by molar-refractivity contribution is 7.20. The number of hydrogen-bond donors (Lipinski definition) is 0. The minimum absolute atomic E-state index is 0.304. The fraction of sp³-hybridized carbons (Fsp3) is 0.167. The van der Waals surface area contributed by atoms with Crippen LogP contribution in [-0.2, 0) is 6.42 Å². The third-order valence-corrected chi connectivity index (χ3v) is 10.8. The van der Waals surface area contributed by atoms with Crippen LogP contribution in [0.15, 0.2) is 91.0 Å². The number of rotatable bonds is 4. The summed E-state index contributed by atoms with van der Waals surface area (Å²) < 4.78 is 2.57. The van der Waals surface area contributed by atoms with Crippen LogP contribution in [0.4, 0.5) is 0 Å². The van der Waals surface area contributed by atoms with Gasteiger partial charge in [-0.2, -0.15) is 0 Å². The molecule has 194 valence electrons. The van der Waals surface area contributed by atoms with Gasteiger partial charge in [-0.3, -0.25) is 0 Å². The predicted octanol–water partition coefficient (Wildman–Crippen LogP) is 11.0. The number of nitrogens with zero attached hydrogens (tertiary/aromatic N) is 2. The van der Waals surface area contributed by atoms with E-state index in [1.165, 1.54) is 68.1 Å². The van der Waals surface area contributed by atoms with Gasteiger partial charge >= 0.3 is 0 Å². The topological polar surface area (TPSA) is 25.8 Å². The van der Waals surface area contributed by atoms with Crippen LogP contribution in [0.25, 0.3) is 63.5 Å². The number of benzene rings is 6. The largest absolute Gasteiger partial charge is 0.241 e. The summed E-state index contributed by atoms with van der Waals surface area (Å²) in [5, 5.41) is 12.8. The molecule has 0 saturated carbocycles. The van der Waals surface area contributed by atoms with E-state index < -0.39 is 0 Å². The van der Waals surface area contributed by atoms with Crippen molar-refractivity contribution in [2.45, 2.75) is 39.0 Å². The fourth-order valence-corrected chi connectivity index (χ4v) is 8.38. The summed E-state index contributed by atoms with van der Waals surface area (Å²) in [4.78, 5) is 10.3. The molecule has 8 rings (SSSR count). The predicted molar refractivity (Wildman–Crippen MR) is 175 cm³/mol. The van der Waals surface area contributed by atoms with Crippen molar-refractivity contribution in [3.05, 3.63) is 107 Å². The molecule has 0 aliphatic heterocycles. The minimum Gasteiger partial charge on any atom is -0.241 e. The lowest BCUT2D eigenvalue weighted by molar-refractivity contribution is 0.758. The molecule has 0 radical (unpaired) electrons. The zero-order chi connectivity index (χ0) is 27.0. The van der Waals surface area contributed by atoms with Crippen molar-refractivity contribution in [3.63, 3.8) is 0 Å². The first-order valence-corrected chi connectivity index (χ1v) is 15.6. The maximum atomic E-state index is 5.18. The van der Waals surface area contributed by atoms with Gasteiger partial charge in [0.25, 0.3) is 0 Å². The van der Waals surface area contributed by atoms with E-state index in [0.717, 1.165) is 17.5 Å². The summed E-state index contributed by atoms with van der Waals surface area (Å²) in [5.41, 5.74) is 3.63. The molecule has 1 atom stereocenters. The van der Waals surface area contributed by atoms with E-state index >= 15 is 0 Å². The van der Waals surface area contributed by atoms with E-state index in [1.54, 1.807) is 0 Å². The number of hydrogen-bond acceptors (Lipinski definition) is 4. The normalized spacial score (nSPS) is 13.1. The van der Waals surface area contributed by atoms with Crippen molar-refractivity contribution < 1.29 is 0 Å². The molecule has 1 unspecified atom stereocenters. The maximum Gasteiger partial charge on any atom is 0.0970 e. The first-order chi connectivity index (χ1) is 19.5. The molecule has 0 aliphatic rings. The molecular formula is C36H28N2S2. The molecule has 0 bridgehead atoms. The zero-order valence-corrected chi connectivity index (χ0v) is 24.4. The Labute approximate surface area is 240 Å². The molecule has 0 fully saturated rings. The Bertz CT molecular complexity index is 2250. The van der Waals surface area contributed by atoms with E-state index in [2.05, 4.69) is 112 Å². The van der Waals surface area contributed by atoms with Gasteiger partial charge in [-0.25, -0.2) is 9.97 Å². The molecule has 2 aromatic heterocycles. The Balaban J connectivity index is 1.26. The highest BCUT2D eigenvalue weighted by Gasteiger charge is 2.19. The van der Waals surface area contributed by atoms with Gasteiger partial charge in [0.1, 0.15) is 0 Å². The summed E-state index contributed by atoms with van der Waals surface area (Å²) in [6.45, 7) is 6.78. The minimum atomic E-state index is 0.304. The lowest BCUT2D eigenvalue weighted by Gasteiger charge is -2.14. The van der Waals surface area contributed by atoms with Crippen LogP contribution in [0.1, 0.15) is 48.2 Å². The number of fused-ring (bicyclic) bond motifs is 10. The lowest BCUT2D eigenvalue weighted by atomic mass is 9.92. The number of aromatic nitrogens is 2. The summed E-state index contributed by atoms with van der Waals surface area (Å²) >= 11 is 3.69. The maximum absolute atomic E-state index is 5.18. The third kappa shape index (κ3) is 3.67. The molecular weight excluding hydrogens is 525 g/mol. The van der Waals surface area contributed by atoms with Crippen LogP contribution in [0, 0.1) is 0 Å². The van der Waals surface area contributed by atoms with Gasteiger partial charge < -0.3 is 0 Å². The van der Waals surface area contributed by atoms with Gasteiger partial charge in [0, 0.05) is 22.6 Å². The Hall–Kier alpha value is -3.86. The van der Waals surface area contributed by atoms with Crippen molar-refractivity contribution in [2.24, 2.45) is 0 Å². The molecule has 2 nitrogen and oxygen atoms in total. The summed E-state index contributed by atoms with van der Waals surface area (Å²) in [7, 11) is 0. The van der Waals surface area contributed by atoms with E-state index in [0.29, 0.717) is 11.8 Å². The molecule has 4 heteroatoms. The Morgan fingerprint density at radius 3 is 2.20 bits per heavy atom. The first kappa shape index (κ1) is 24.0. The Morgan fingerprint density at radius 1 is 0.625 bits per heavy atom. The van der Waals surface area contributed by atoms with Crippen molar-refractivity contribution in [1.82, 2.24) is 9.97 Å². The standard InChI is InChI=1S/C36H28N2S2/c1-20(2)35-38-33-30(39-35)17-15-24-19-25(26-9-6-7-11-28(26)31(24)33)18-21(3)36-37-29-16-14-23-13-12-22-8-4-5-10-27(22)32(23)34(29)40-36/h4-17,19-21H,18H2,1-3H3. The lowest BCUT2D eigenvalue weighted by Crippen LogP contribution is -1.99. The molecule has 0 saturated heterocycles. The van der Waals surface area contributed by atoms with Crippen molar-refractivity contribution >= 4 is 86.2 Å². The van der Waals surface area contributed by atoms with Crippen LogP contribution in [0.2, 0.25) is 0 Å². The first-order valence-electron chi connectivity index (χ1n) is 14.0. The molecule has 40 heavy (non-hydrogen) atoms. The number of thiazole rings is 2. The average molecular weight is 553 g/mol. The molecule has 0 spiro atoms. The van der Waals surface area contributed by atoms with Crippen molar-refractivity contribution in [3.8, 4) is 0 Å². The van der Waals surface area contributed by atoms with Gasteiger partial charge in [-0.1, -0.05) is 99.6 Å². The van der Waals surface area contributed by atoms with Gasteiger partial charge in [-0.15, -0.1) is 22.7 Å². The highest BCUT2D eigenvalue weighted by atomic mass is 32.1. The van der Waals surface area contributed by atoms with E-state index in [4.69, 9.17) is 9.97 Å². The fourth-order valence-electron chi connectivity index (χ4n) is 6.21. The molecule has 0 amide bonds. The monoisotopic (exact) mass is 552 g/mol. The Morgan fingerprint density at radius 2 is 1.35 bits per heavy atom. The van der Waals surface area contributed by atoms with E-state index in [9.17, 15) is 0 Å².